The smallest absolute Gasteiger partial charge is 0.295 e. The molecule has 12 N–H and O–H groups in total. The number of nitrogens with two attached hydrogens (primary N) is 1. The lowest BCUT2D eigenvalue weighted by Gasteiger charge is -2.27. The van der Waals surface area contributed by atoms with Gasteiger partial charge in [-0.1, -0.05) is 43.7 Å². The molecule has 0 radical (unpaired) electrons. The Balaban J connectivity index is 0.972. The molecule has 35 nitrogen and oxygen atoms in total. The van der Waals surface area contributed by atoms with Crippen molar-refractivity contribution in [1.82, 2.24) is 36.1 Å². The third-order valence-corrected chi connectivity index (χ3v) is 24.3. The first-order valence-corrected chi connectivity index (χ1v) is 42.9. The quantitative estimate of drug-likeness (QED) is 0.00906. The number of amides is 4. The number of primary sulfonamides is 1. The van der Waals surface area contributed by atoms with Gasteiger partial charge in [-0.15, -0.1) is 10.2 Å². The van der Waals surface area contributed by atoms with E-state index >= 15 is 0 Å². The third-order valence-electron chi connectivity index (χ3n) is 17.1. The fraction of sp³-hybridized carbons (Fsp3) is 0.317. The first kappa shape index (κ1) is 81.3. The van der Waals surface area contributed by atoms with Crippen LogP contribution < -0.4 is 31.3 Å². The van der Waals surface area contributed by atoms with E-state index in [1.54, 1.807) is 49.3 Å². The van der Waals surface area contributed by atoms with Crippen LogP contribution in [0.3, 0.4) is 0 Å². The highest BCUT2D eigenvalue weighted by Gasteiger charge is 2.47. The molecule has 43 heteroatoms. The summed E-state index contributed by atoms with van der Waals surface area (Å²) >= 11 is 0.558. The van der Waals surface area contributed by atoms with Gasteiger partial charge in [0.1, 0.15) is 16.3 Å². The Morgan fingerprint density at radius 3 is 1.71 bits per heavy atom. The summed E-state index contributed by atoms with van der Waals surface area (Å²) in [5.74, 6) is -3.47. The van der Waals surface area contributed by atoms with Gasteiger partial charge >= 0.3 is 0 Å². The summed E-state index contributed by atoms with van der Waals surface area (Å²) in [5.41, 5.74) is -0.0569. The van der Waals surface area contributed by atoms with E-state index in [4.69, 9.17) is 5.14 Å². The van der Waals surface area contributed by atoms with Gasteiger partial charge in [0.05, 0.1) is 55.8 Å². The molecule has 0 saturated heterocycles. The molecule has 4 aromatic carbocycles. The average Bonchev–Trinajstić information content (AvgIpc) is 1.55. The van der Waals surface area contributed by atoms with Gasteiger partial charge in [-0.2, -0.15) is 55.1 Å². The number of fused-ring (bicyclic) bond motifs is 6. The molecule has 2 aliphatic heterocycles. The van der Waals surface area contributed by atoms with Crippen molar-refractivity contribution >= 4 is 155 Å². The molecule has 568 valence electrons. The second-order valence-corrected chi connectivity index (χ2v) is 36.8. The zero-order valence-electron chi connectivity index (χ0n) is 56.4. The lowest BCUT2D eigenvalue weighted by atomic mass is 9.79. The molecule has 0 bridgehead atoms. The first-order valence-electron chi connectivity index (χ1n) is 31.6. The van der Waals surface area contributed by atoms with E-state index in [0.717, 1.165) is 12.1 Å². The van der Waals surface area contributed by atoms with Crippen molar-refractivity contribution in [3.05, 3.63) is 149 Å². The number of allylic oxidation sites excluding steroid dienone is 6. The highest BCUT2D eigenvalue weighted by atomic mass is 32.3. The Bertz CT molecular complexity index is 5730. The molecule has 4 amide bonds. The van der Waals surface area contributed by atoms with Crippen molar-refractivity contribution in [2.45, 2.75) is 114 Å². The molecule has 106 heavy (non-hydrogen) atoms. The van der Waals surface area contributed by atoms with Crippen molar-refractivity contribution < 1.29 is 110 Å². The highest BCUT2D eigenvalue weighted by molar-refractivity contribution is 7.91. The second kappa shape index (κ2) is 31.2. The number of aromatic nitrogens is 4. The second-order valence-electron chi connectivity index (χ2n) is 25.4. The molecule has 2 aliphatic rings. The van der Waals surface area contributed by atoms with E-state index in [1.165, 1.54) is 73.1 Å². The molecule has 0 spiro atoms. The standard InChI is InChI=1S/C63H69N11O24S8/c1-62(2)52(73(26-8-28-100(79,80)81)48-19-16-43-45(56(48)62)30-41(103(87,88)89)32-50(43)105(93,94)95)21-13-37(14-22-53-63(3,4)57-46-31-42(104(90,91)92)33-51(106(96,97)98)44(46)17-20-49(57)74(53)27-9-29-101(82,83)84)47-18-12-39(35-68-47)58(77)65-24-7-5-6-10-54(75)69-36-40-15-11-38(34-67-40)59(78)66-25-23-55(76)70-60-71-72-61(99-60)102(64,85)86/h11-22,30-35H,5-10,23-29,36H2,1-4H3,(H11-,64,65,66,69,70,71,75,76,77,78,79,80,81,82,83,84,85,86,87,88,89,90,91,92,93,94,95,96,97,98)/p+1. The summed E-state index contributed by atoms with van der Waals surface area (Å²) in [4.78, 5) is 58.3. The number of pyridine rings is 2. The number of nitrogens with one attached hydrogen (secondary N) is 4. The summed E-state index contributed by atoms with van der Waals surface area (Å²) in [6, 6.07) is 14.5. The maximum Gasteiger partial charge on any atom is 0.295 e. The third kappa shape index (κ3) is 19.5. The molecule has 0 unspecified atom stereocenters. The minimum Gasteiger partial charge on any atom is -0.352 e. The van der Waals surface area contributed by atoms with E-state index in [2.05, 4.69) is 41.4 Å². The summed E-state index contributed by atoms with van der Waals surface area (Å²) in [6.45, 7) is 6.38. The molecule has 5 heterocycles. The first-order chi connectivity index (χ1) is 49.1. The number of benzene rings is 4. The zero-order valence-corrected chi connectivity index (χ0v) is 62.9. The molecule has 3 aromatic heterocycles. The van der Waals surface area contributed by atoms with Crippen LogP contribution in [-0.4, -0.2) is 178 Å². The van der Waals surface area contributed by atoms with Gasteiger partial charge in [-0.05, 0) is 122 Å². The fourth-order valence-corrected chi connectivity index (χ4v) is 17.4. The normalized spacial score (nSPS) is 15.3. The van der Waals surface area contributed by atoms with E-state index in [1.807, 2.05) is 0 Å². The van der Waals surface area contributed by atoms with Crippen molar-refractivity contribution in [3.8, 4) is 0 Å². The predicted octanol–water partition coefficient (Wildman–Crippen LogP) is 4.89. The number of hydrogen-bond acceptors (Lipinski definition) is 24. The summed E-state index contributed by atoms with van der Waals surface area (Å²) in [5, 5.41) is 21.8. The van der Waals surface area contributed by atoms with Crippen LogP contribution in [0.1, 0.15) is 116 Å². The van der Waals surface area contributed by atoms with Crippen molar-refractivity contribution in [2.24, 2.45) is 5.14 Å². The van der Waals surface area contributed by atoms with Gasteiger partial charge in [0.25, 0.3) is 82.5 Å². The van der Waals surface area contributed by atoms with Gasteiger partial charge in [-0.3, -0.25) is 56.5 Å². The average molecular weight is 1620 g/mol. The maximum absolute atomic E-state index is 13.7. The number of carbonyl (C=O) groups excluding carboxylic acids is 4. The van der Waals surface area contributed by atoms with E-state index in [-0.39, 0.29) is 136 Å². The Hall–Kier alpha value is -8.80. The van der Waals surface area contributed by atoms with Crippen LogP contribution in [0.2, 0.25) is 0 Å². The minimum absolute atomic E-state index is 0.0361. The lowest BCUT2D eigenvalue weighted by Crippen LogP contribution is -2.28. The van der Waals surface area contributed by atoms with Crippen molar-refractivity contribution in [3.63, 3.8) is 0 Å². The van der Waals surface area contributed by atoms with Gasteiger partial charge in [0, 0.05) is 102 Å². The molecule has 7 aromatic rings. The van der Waals surface area contributed by atoms with Crippen LogP contribution >= 0.6 is 11.3 Å². The number of anilines is 2. The predicted molar refractivity (Wildman–Crippen MR) is 386 cm³/mol. The number of carbonyl (C=O) groups is 4. The van der Waals surface area contributed by atoms with E-state index in [9.17, 15) is 105 Å². The Kier molecular flexibility index (Phi) is 23.9. The zero-order chi connectivity index (χ0) is 78.1. The molecular weight excluding hydrogens is 1550 g/mol. The number of unbranched alkanes of at least 4 members (excludes halogenated alkanes) is 2. The topological polar surface area (TPSA) is 561 Å². The Morgan fingerprint density at radius 2 is 1.16 bits per heavy atom. The molecule has 9 rings (SSSR count). The Labute approximate surface area is 612 Å². The number of nitrogens with zero attached hydrogens (tertiary/aromatic N) is 6. The van der Waals surface area contributed by atoms with Gasteiger partial charge in [-0.25, -0.2) is 13.6 Å². The van der Waals surface area contributed by atoms with Crippen LogP contribution in [0.4, 0.5) is 16.5 Å². The van der Waals surface area contributed by atoms with Crippen LogP contribution in [0.5, 0.6) is 0 Å². The molecule has 0 atom stereocenters. The van der Waals surface area contributed by atoms with Gasteiger partial charge < -0.3 is 26.2 Å². The van der Waals surface area contributed by atoms with E-state index < -0.39 is 135 Å². The Morgan fingerprint density at radius 1 is 0.585 bits per heavy atom. The number of sulfonamides is 1. The minimum atomic E-state index is -5.19. The van der Waals surface area contributed by atoms with E-state index in [0.29, 0.717) is 59.8 Å². The van der Waals surface area contributed by atoms with Gasteiger partial charge in [0.2, 0.25) is 27.0 Å². The SMILES string of the molecule is CC1(C)C(=CC=C(C=CC2=[N+](CCCS(=O)(=O)O)c3ccc4c(S(=O)(=O)O)cc(S(=O)(=O)O)cc4c3C2(C)C)c2ccc(C(=O)NCCCCCC(=O)NCc3ccc(C(=O)NCCC(=O)Nc4nnc(S(N)(=O)=O)s4)cn3)cn2)N(CCCS(=O)(=O)O)c2ccc3c(S(=O)(=O)O)cc(S(=O)(=O)O)cc3c21. The van der Waals surface area contributed by atoms with Gasteiger partial charge in [0.15, 0.2) is 5.71 Å². The summed E-state index contributed by atoms with van der Waals surface area (Å²) < 4.78 is 236. The lowest BCUT2D eigenvalue weighted by molar-refractivity contribution is -0.437. The number of rotatable bonds is 31. The van der Waals surface area contributed by atoms with Crippen LogP contribution in [0.15, 0.2) is 139 Å². The highest BCUT2D eigenvalue weighted by Crippen LogP contribution is 2.52. The van der Waals surface area contributed by atoms with Crippen LogP contribution in [0.25, 0.3) is 27.1 Å². The van der Waals surface area contributed by atoms with Crippen molar-refractivity contribution in [2.75, 3.05) is 47.9 Å². The monoisotopic (exact) mass is 1620 g/mol. The summed E-state index contributed by atoms with van der Waals surface area (Å²) in [6.07, 6.45) is 9.58. The summed E-state index contributed by atoms with van der Waals surface area (Å²) in [7, 11) is -33.9. The maximum atomic E-state index is 13.7. The van der Waals surface area contributed by atoms with Crippen LogP contribution in [0, 0.1) is 0 Å². The molecular formula is C63H70N11O24S8+. The fourth-order valence-electron chi connectivity index (χ4n) is 12.3. The molecule has 0 saturated carbocycles. The number of hydrogen-bond donors (Lipinski definition) is 11. The largest absolute Gasteiger partial charge is 0.352 e. The van der Waals surface area contributed by atoms with Crippen molar-refractivity contribution in [1.29, 1.82) is 0 Å². The van der Waals surface area contributed by atoms with Crippen LogP contribution in [-0.2, 0) is 97.7 Å². The molecule has 0 fully saturated rings. The molecule has 0 aliphatic carbocycles.